The molecule has 1 aromatic heterocycles. The summed E-state index contributed by atoms with van der Waals surface area (Å²) < 4.78 is 1.03. The first-order chi connectivity index (χ1) is 8.61. The number of nitrogens with two attached hydrogens (primary N) is 1. The van der Waals surface area contributed by atoms with Crippen LogP contribution in [0.5, 0.6) is 0 Å². The molecule has 2 rings (SSSR count). The minimum atomic E-state index is -0.00938. The average Bonchev–Trinajstić information content (AvgIpc) is 2.68. The first kappa shape index (κ1) is 17.1. The van der Waals surface area contributed by atoms with E-state index in [-0.39, 0.29) is 18.3 Å². The number of thiophene rings is 1. The first-order valence-corrected chi connectivity index (χ1v) is 7.63. The summed E-state index contributed by atoms with van der Waals surface area (Å²) in [5, 5.41) is 0. The fourth-order valence-electron chi connectivity index (χ4n) is 2.38. The van der Waals surface area contributed by atoms with Gasteiger partial charge < -0.3 is 10.6 Å². The van der Waals surface area contributed by atoms with Gasteiger partial charge in [0.2, 0.25) is 0 Å². The Labute approximate surface area is 133 Å². The minimum absolute atomic E-state index is 0. The Hall–Kier alpha value is -0.0000000000000000555. The number of piperidine rings is 1. The van der Waals surface area contributed by atoms with Crippen molar-refractivity contribution in [3.8, 4) is 0 Å². The molecule has 1 saturated heterocycles. The SMILES string of the molecule is Cl.NCCC1CCCN(C(=O)c2cc(Cl)sc2Cl)C1. The molecule has 1 fully saturated rings. The van der Waals surface area contributed by atoms with Gasteiger partial charge in [-0.2, -0.15) is 0 Å². The molecule has 19 heavy (non-hydrogen) atoms. The summed E-state index contributed by atoms with van der Waals surface area (Å²) in [6.07, 6.45) is 3.16. The number of carbonyl (C=O) groups excluding carboxylic acids is 1. The molecule has 2 N–H and O–H groups in total. The first-order valence-electron chi connectivity index (χ1n) is 6.06. The van der Waals surface area contributed by atoms with E-state index in [9.17, 15) is 4.79 Å². The van der Waals surface area contributed by atoms with Crippen molar-refractivity contribution in [3.05, 3.63) is 20.3 Å². The maximum atomic E-state index is 12.3. The quantitative estimate of drug-likeness (QED) is 0.910. The van der Waals surface area contributed by atoms with Crippen molar-refractivity contribution < 1.29 is 4.79 Å². The van der Waals surface area contributed by atoms with Gasteiger partial charge in [-0.1, -0.05) is 23.2 Å². The second-order valence-electron chi connectivity index (χ2n) is 4.57. The van der Waals surface area contributed by atoms with Crippen LogP contribution in [0.3, 0.4) is 0 Å². The molecule has 1 aromatic rings. The zero-order chi connectivity index (χ0) is 13.1. The topological polar surface area (TPSA) is 46.3 Å². The van der Waals surface area contributed by atoms with E-state index in [1.165, 1.54) is 11.3 Å². The molecule has 1 unspecified atom stereocenters. The normalized spacial score (nSPS) is 19.1. The van der Waals surface area contributed by atoms with Crippen LogP contribution in [0.25, 0.3) is 0 Å². The molecule has 1 atom stereocenters. The lowest BCUT2D eigenvalue weighted by atomic mass is 9.94. The predicted octanol–water partition coefficient (Wildman–Crippen LogP) is 3.68. The van der Waals surface area contributed by atoms with Gasteiger partial charge in [-0.15, -0.1) is 23.7 Å². The molecule has 0 bridgehead atoms. The van der Waals surface area contributed by atoms with Crippen molar-refractivity contribution in [3.63, 3.8) is 0 Å². The van der Waals surface area contributed by atoms with E-state index in [1.807, 2.05) is 4.90 Å². The average molecular weight is 344 g/mol. The Bertz CT molecular complexity index is 437. The van der Waals surface area contributed by atoms with Crippen LogP contribution in [0, 0.1) is 5.92 Å². The number of nitrogens with zero attached hydrogens (tertiary/aromatic N) is 1. The summed E-state index contributed by atoms with van der Waals surface area (Å²) in [6, 6.07) is 1.66. The summed E-state index contributed by atoms with van der Waals surface area (Å²) in [5.41, 5.74) is 6.11. The molecule has 1 aliphatic rings. The number of hydrogen-bond donors (Lipinski definition) is 1. The monoisotopic (exact) mass is 342 g/mol. The lowest BCUT2D eigenvalue weighted by Gasteiger charge is -2.32. The lowest BCUT2D eigenvalue weighted by Crippen LogP contribution is -2.40. The van der Waals surface area contributed by atoms with Crippen LogP contribution in [-0.2, 0) is 0 Å². The van der Waals surface area contributed by atoms with Gasteiger partial charge in [0.25, 0.3) is 5.91 Å². The van der Waals surface area contributed by atoms with Crippen LogP contribution >= 0.6 is 46.9 Å². The molecular formula is C12H17Cl3N2OS. The summed E-state index contributed by atoms with van der Waals surface area (Å²) >= 11 is 13.1. The summed E-state index contributed by atoms with van der Waals surface area (Å²) in [6.45, 7) is 2.25. The highest BCUT2D eigenvalue weighted by atomic mass is 35.5. The van der Waals surface area contributed by atoms with Gasteiger partial charge in [0, 0.05) is 13.1 Å². The Morgan fingerprint density at radius 1 is 1.53 bits per heavy atom. The molecule has 0 saturated carbocycles. The summed E-state index contributed by atoms with van der Waals surface area (Å²) in [4.78, 5) is 14.2. The lowest BCUT2D eigenvalue weighted by molar-refractivity contribution is 0.0670. The number of carbonyl (C=O) groups is 1. The zero-order valence-corrected chi connectivity index (χ0v) is 13.5. The molecule has 1 amide bonds. The predicted molar refractivity (Wildman–Crippen MR) is 83.9 cm³/mol. The number of amides is 1. The van der Waals surface area contributed by atoms with Crippen LogP contribution < -0.4 is 5.73 Å². The van der Waals surface area contributed by atoms with Gasteiger partial charge in [0.15, 0.2) is 0 Å². The molecule has 3 nitrogen and oxygen atoms in total. The van der Waals surface area contributed by atoms with Gasteiger partial charge in [-0.25, -0.2) is 0 Å². The Morgan fingerprint density at radius 3 is 2.84 bits per heavy atom. The number of likely N-dealkylation sites (tertiary alicyclic amines) is 1. The third-order valence-corrected chi connectivity index (χ3v) is 4.76. The smallest absolute Gasteiger partial charge is 0.256 e. The van der Waals surface area contributed by atoms with E-state index in [0.717, 1.165) is 32.4 Å². The molecule has 0 aromatic carbocycles. The highest BCUT2D eigenvalue weighted by Gasteiger charge is 2.26. The molecule has 0 aliphatic carbocycles. The largest absolute Gasteiger partial charge is 0.338 e. The van der Waals surface area contributed by atoms with E-state index in [4.69, 9.17) is 28.9 Å². The van der Waals surface area contributed by atoms with Crippen molar-refractivity contribution >= 4 is 52.9 Å². The second-order valence-corrected chi connectivity index (χ2v) is 6.86. The molecule has 0 spiro atoms. The van der Waals surface area contributed by atoms with Gasteiger partial charge in [0.05, 0.1) is 9.90 Å². The van der Waals surface area contributed by atoms with Crippen molar-refractivity contribution in [2.75, 3.05) is 19.6 Å². The molecule has 0 radical (unpaired) electrons. The summed E-state index contributed by atoms with van der Waals surface area (Å²) in [5.74, 6) is 0.505. The Morgan fingerprint density at radius 2 is 2.26 bits per heavy atom. The van der Waals surface area contributed by atoms with E-state index >= 15 is 0 Å². The van der Waals surface area contributed by atoms with Crippen molar-refractivity contribution in [2.24, 2.45) is 11.7 Å². The van der Waals surface area contributed by atoms with Crippen molar-refractivity contribution in [2.45, 2.75) is 19.3 Å². The number of hydrogen-bond acceptors (Lipinski definition) is 3. The number of halogens is 3. The molecule has 2 heterocycles. The minimum Gasteiger partial charge on any atom is -0.338 e. The fourth-order valence-corrected chi connectivity index (χ4v) is 3.83. The van der Waals surface area contributed by atoms with Crippen LogP contribution in [0.1, 0.15) is 29.6 Å². The van der Waals surface area contributed by atoms with Crippen molar-refractivity contribution in [1.29, 1.82) is 0 Å². The van der Waals surface area contributed by atoms with Crippen LogP contribution in [0.2, 0.25) is 8.67 Å². The van der Waals surface area contributed by atoms with E-state index in [1.54, 1.807) is 6.07 Å². The van der Waals surface area contributed by atoms with E-state index in [2.05, 4.69) is 0 Å². The molecular weight excluding hydrogens is 327 g/mol. The third-order valence-electron chi connectivity index (χ3n) is 3.27. The molecule has 7 heteroatoms. The van der Waals surface area contributed by atoms with Crippen LogP contribution in [0.4, 0.5) is 0 Å². The van der Waals surface area contributed by atoms with Crippen LogP contribution in [0.15, 0.2) is 6.07 Å². The van der Waals surface area contributed by atoms with Gasteiger partial charge in [-0.3, -0.25) is 4.79 Å². The van der Waals surface area contributed by atoms with E-state index < -0.39 is 0 Å². The Kier molecular flexibility index (Phi) is 6.91. The van der Waals surface area contributed by atoms with E-state index in [0.29, 0.717) is 26.7 Å². The van der Waals surface area contributed by atoms with Gasteiger partial charge in [-0.05, 0) is 37.8 Å². The maximum absolute atomic E-state index is 12.3. The maximum Gasteiger partial charge on any atom is 0.256 e. The Balaban J connectivity index is 0.00000180. The summed E-state index contributed by atoms with van der Waals surface area (Å²) in [7, 11) is 0. The second kappa shape index (κ2) is 7.70. The molecule has 108 valence electrons. The van der Waals surface area contributed by atoms with Gasteiger partial charge >= 0.3 is 0 Å². The highest BCUT2D eigenvalue weighted by molar-refractivity contribution is 7.20. The fraction of sp³-hybridized carbons (Fsp3) is 0.583. The zero-order valence-electron chi connectivity index (χ0n) is 10.4. The van der Waals surface area contributed by atoms with Crippen LogP contribution in [-0.4, -0.2) is 30.4 Å². The molecule has 1 aliphatic heterocycles. The van der Waals surface area contributed by atoms with Gasteiger partial charge in [0.1, 0.15) is 4.34 Å². The van der Waals surface area contributed by atoms with Crippen molar-refractivity contribution in [1.82, 2.24) is 4.90 Å². The highest BCUT2D eigenvalue weighted by Crippen LogP contribution is 2.32. The standard InChI is InChI=1S/C12H16Cl2N2OS.ClH/c13-10-6-9(11(14)18-10)12(17)16-5-1-2-8(7-16)3-4-15;/h6,8H,1-5,7,15H2;1H. The third kappa shape index (κ3) is 4.23. The number of rotatable bonds is 3.